The van der Waals surface area contributed by atoms with Crippen molar-refractivity contribution in [2.75, 3.05) is 7.11 Å². The van der Waals surface area contributed by atoms with Gasteiger partial charge in [-0.3, -0.25) is 0 Å². The normalized spacial score (nSPS) is 10.7. The number of ether oxygens (including phenoxy) is 1. The number of rotatable bonds is 3. The Labute approximate surface area is 172 Å². The first-order valence-electron chi connectivity index (χ1n) is 9.32. The molecule has 4 rings (SSSR count). The van der Waals surface area contributed by atoms with Crippen molar-refractivity contribution in [1.29, 1.82) is 0 Å². The van der Waals surface area contributed by atoms with Crippen molar-refractivity contribution in [3.63, 3.8) is 0 Å². The van der Waals surface area contributed by atoms with E-state index in [0.717, 1.165) is 28.8 Å². The fraction of sp³-hybridized carbons (Fsp3) is 0.0769. The van der Waals surface area contributed by atoms with Gasteiger partial charge in [-0.15, -0.1) is 0 Å². The first-order valence-corrected chi connectivity index (χ1v) is 9.32. The number of methoxy groups -OCH3 is 1. The maximum atomic E-state index is 14.6. The lowest BCUT2D eigenvalue weighted by Crippen LogP contribution is -1.89. The Bertz CT molecular complexity index is 1280. The number of hydrogen-bond acceptors (Lipinski definition) is 1. The van der Waals surface area contributed by atoms with E-state index in [1.165, 1.54) is 6.07 Å². The second-order valence-corrected chi connectivity index (χ2v) is 6.90. The highest BCUT2D eigenvalue weighted by molar-refractivity contribution is 5.84. The minimum Gasteiger partial charge on any atom is -0.380 e. The van der Waals surface area contributed by atoms with Crippen LogP contribution in [0.25, 0.3) is 21.9 Å². The molecule has 0 N–H and O–H groups in total. The molecule has 0 aliphatic heterocycles. The molecule has 1 nitrogen and oxygen atoms in total. The maximum absolute atomic E-state index is 14.6. The van der Waals surface area contributed by atoms with E-state index in [2.05, 4.69) is 11.8 Å². The highest BCUT2D eigenvalue weighted by Gasteiger charge is 2.06. The molecule has 0 fully saturated rings. The molecule has 0 spiro atoms. The lowest BCUT2D eigenvalue weighted by molar-refractivity contribution is 0.185. The summed E-state index contributed by atoms with van der Waals surface area (Å²) in [5.41, 5.74) is 3.55. The predicted molar refractivity (Wildman–Crippen MR) is 112 cm³/mol. The Morgan fingerprint density at radius 1 is 0.667 bits per heavy atom. The van der Waals surface area contributed by atoms with E-state index in [-0.39, 0.29) is 5.56 Å². The molecule has 0 unspecified atom stereocenters. The third-order valence-corrected chi connectivity index (χ3v) is 4.79. The van der Waals surface area contributed by atoms with Gasteiger partial charge < -0.3 is 4.74 Å². The molecule has 0 aliphatic rings. The zero-order chi connectivity index (χ0) is 21.1. The number of hydrogen-bond donors (Lipinski definition) is 0. The van der Waals surface area contributed by atoms with Crippen molar-refractivity contribution >= 4 is 10.8 Å². The summed E-state index contributed by atoms with van der Waals surface area (Å²) in [6.45, 7) is 0.527. The van der Waals surface area contributed by atoms with Crippen LogP contribution in [0.1, 0.15) is 16.7 Å². The van der Waals surface area contributed by atoms with Gasteiger partial charge in [0.05, 0.1) is 12.2 Å². The van der Waals surface area contributed by atoms with Crippen LogP contribution in [0.3, 0.4) is 0 Å². The molecule has 4 heteroatoms. The van der Waals surface area contributed by atoms with Crippen LogP contribution in [-0.2, 0) is 11.3 Å². The van der Waals surface area contributed by atoms with E-state index < -0.39 is 17.5 Å². The molecule has 30 heavy (non-hydrogen) atoms. The van der Waals surface area contributed by atoms with Gasteiger partial charge in [0.25, 0.3) is 0 Å². The van der Waals surface area contributed by atoms with Crippen LogP contribution in [0.15, 0.2) is 72.8 Å². The van der Waals surface area contributed by atoms with Crippen molar-refractivity contribution in [2.24, 2.45) is 0 Å². The van der Waals surface area contributed by atoms with Crippen LogP contribution in [0.4, 0.5) is 13.2 Å². The highest BCUT2D eigenvalue weighted by Crippen LogP contribution is 2.23. The van der Waals surface area contributed by atoms with E-state index in [9.17, 15) is 13.2 Å². The second-order valence-electron chi connectivity index (χ2n) is 6.90. The Hall–Kier alpha value is -3.55. The molecular formula is C26H17F3O. The summed E-state index contributed by atoms with van der Waals surface area (Å²) in [7, 11) is 1.64. The minimum atomic E-state index is -0.913. The summed E-state index contributed by atoms with van der Waals surface area (Å²) in [5, 5.41) is 1.11. The zero-order valence-corrected chi connectivity index (χ0v) is 16.2. The molecule has 0 radical (unpaired) electrons. The summed E-state index contributed by atoms with van der Waals surface area (Å²) in [5.74, 6) is 3.48. The molecule has 0 saturated carbocycles. The summed E-state index contributed by atoms with van der Waals surface area (Å²) in [6.07, 6.45) is 0. The van der Waals surface area contributed by atoms with Gasteiger partial charge in [-0.25, -0.2) is 13.2 Å². The predicted octanol–water partition coefficient (Wildman–Crippen LogP) is 6.47. The van der Waals surface area contributed by atoms with Crippen molar-refractivity contribution in [2.45, 2.75) is 6.61 Å². The lowest BCUT2D eigenvalue weighted by Gasteiger charge is -2.05. The second kappa shape index (κ2) is 8.44. The summed E-state index contributed by atoms with van der Waals surface area (Å²) < 4.78 is 46.4. The van der Waals surface area contributed by atoms with E-state index >= 15 is 0 Å². The molecule has 0 atom stereocenters. The van der Waals surface area contributed by atoms with Crippen LogP contribution in [0.2, 0.25) is 0 Å². The molecule has 0 aliphatic carbocycles. The van der Waals surface area contributed by atoms with Crippen LogP contribution in [-0.4, -0.2) is 7.11 Å². The zero-order valence-electron chi connectivity index (χ0n) is 16.2. The average molecular weight is 402 g/mol. The summed E-state index contributed by atoms with van der Waals surface area (Å²) in [4.78, 5) is 0. The van der Waals surface area contributed by atoms with Gasteiger partial charge in [0.15, 0.2) is 11.6 Å². The minimum absolute atomic E-state index is 0.264. The van der Waals surface area contributed by atoms with Gasteiger partial charge in [0.2, 0.25) is 0 Å². The van der Waals surface area contributed by atoms with E-state index in [1.54, 1.807) is 31.4 Å². The van der Waals surface area contributed by atoms with Crippen LogP contribution >= 0.6 is 0 Å². The fourth-order valence-corrected chi connectivity index (χ4v) is 3.22. The molecule has 0 amide bonds. The first-order chi connectivity index (χ1) is 14.5. The van der Waals surface area contributed by atoms with Gasteiger partial charge >= 0.3 is 0 Å². The molecule has 0 saturated heterocycles. The third kappa shape index (κ3) is 4.22. The first kappa shape index (κ1) is 19.8. The van der Waals surface area contributed by atoms with Gasteiger partial charge in [-0.1, -0.05) is 48.2 Å². The summed E-state index contributed by atoms with van der Waals surface area (Å²) in [6, 6.07) is 19.9. The number of benzene rings is 4. The van der Waals surface area contributed by atoms with Gasteiger partial charge in [0.1, 0.15) is 5.82 Å². The van der Waals surface area contributed by atoms with Gasteiger partial charge in [-0.05, 0) is 63.9 Å². The Balaban J connectivity index is 1.59. The van der Waals surface area contributed by atoms with E-state index in [4.69, 9.17) is 4.74 Å². The van der Waals surface area contributed by atoms with E-state index in [1.807, 2.05) is 30.3 Å². The average Bonchev–Trinajstić information content (AvgIpc) is 2.74. The third-order valence-electron chi connectivity index (χ3n) is 4.79. The number of fused-ring (bicyclic) bond motifs is 1. The monoisotopic (exact) mass is 402 g/mol. The molecular weight excluding hydrogens is 385 g/mol. The molecule has 4 aromatic rings. The van der Waals surface area contributed by atoms with Crippen molar-refractivity contribution < 1.29 is 17.9 Å². The molecule has 0 aromatic heterocycles. The van der Waals surface area contributed by atoms with Crippen LogP contribution in [0.5, 0.6) is 0 Å². The van der Waals surface area contributed by atoms with Gasteiger partial charge in [0, 0.05) is 12.7 Å². The van der Waals surface area contributed by atoms with Crippen molar-refractivity contribution in [1.82, 2.24) is 0 Å². The van der Waals surface area contributed by atoms with Gasteiger partial charge in [-0.2, -0.15) is 0 Å². The molecule has 0 bridgehead atoms. The SMILES string of the molecule is COCc1ccc(-c2ccc(C#Cc3ccc4cc(F)c(F)cc4c3)c(F)c2)cc1. The quantitative estimate of drug-likeness (QED) is 0.357. The lowest BCUT2D eigenvalue weighted by atomic mass is 10.0. The standard InChI is InChI=1S/C26H17F3O/c1-30-16-18-4-6-19(7-5-18)21-11-10-20(24(27)13-21)8-2-17-3-9-22-14-25(28)26(29)15-23(22)12-17/h3-7,9-15H,16H2,1H3. The highest BCUT2D eigenvalue weighted by atomic mass is 19.2. The van der Waals surface area contributed by atoms with Crippen LogP contribution in [0, 0.1) is 29.3 Å². The molecule has 4 aromatic carbocycles. The fourth-order valence-electron chi connectivity index (χ4n) is 3.22. The summed E-state index contributed by atoms with van der Waals surface area (Å²) >= 11 is 0. The molecule has 0 heterocycles. The maximum Gasteiger partial charge on any atom is 0.159 e. The number of halogens is 3. The van der Waals surface area contributed by atoms with Crippen LogP contribution < -0.4 is 0 Å². The molecule has 148 valence electrons. The van der Waals surface area contributed by atoms with E-state index in [0.29, 0.717) is 22.9 Å². The largest absolute Gasteiger partial charge is 0.380 e. The van der Waals surface area contributed by atoms with Crippen molar-refractivity contribution in [3.8, 4) is 23.0 Å². The Morgan fingerprint density at radius 2 is 1.37 bits per heavy atom. The Kier molecular flexibility index (Phi) is 5.56. The van der Waals surface area contributed by atoms with Crippen molar-refractivity contribution in [3.05, 3.63) is 107 Å². The smallest absolute Gasteiger partial charge is 0.159 e. The Morgan fingerprint density at radius 3 is 2.07 bits per heavy atom. The topological polar surface area (TPSA) is 9.23 Å².